The Kier molecular flexibility index (Phi) is 8.53. The highest BCUT2D eigenvalue weighted by molar-refractivity contribution is 5.96. The molecule has 2 N–H and O–H groups in total. The Bertz CT molecular complexity index is 1720. The number of fused-ring (bicyclic) bond motifs is 8. The first-order valence-electron chi connectivity index (χ1n) is 14.3. The molecule has 1 fully saturated rings. The maximum absolute atomic E-state index is 14.7. The summed E-state index contributed by atoms with van der Waals surface area (Å²) in [5.74, 6) is -0.360. The molecule has 1 aromatic heterocycles. The van der Waals surface area contributed by atoms with Crippen LogP contribution in [0.15, 0.2) is 67.0 Å². The highest BCUT2D eigenvalue weighted by atomic mass is 19.1. The van der Waals surface area contributed by atoms with Crippen LogP contribution in [0, 0.1) is 5.82 Å². The van der Waals surface area contributed by atoms with Crippen LogP contribution in [0.3, 0.4) is 0 Å². The molecule has 0 unspecified atom stereocenters. The molecule has 14 heteroatoms. The smallest absolute Gasteiger partial charge is 0.258 e. The van der Waals surface area contributed by atoms with Crippen molar-refractivity contribution < 1.29 is 33.0 Å². The number of aromatic nitrogens is 4. The van der Waals surface area contributed by atoms with Crippen LogP contribution >= 0.6 is 0 Å². The second-order valence-corrected chi connectivity index (χ2v) is 10.7. The van der Waals surface area contributed by atoms with Crippen molar-refractivity contribution in [1.29, 1.82) is 0 Å². The number of nitrogens with one attached hydrogen (secondary N) is 2. The fraction of sp³-hybridized carbons (Fsp3) is 0.290. The first-order chi connectivity index (χ1) is 21.8. The van der Waals surface area contributed by atoms with Crippen LogP contribution < -0.4 is 24.8 Å². The fourth-order valence-electron chi connectivity index (χ4n) is 5.37. The number of tetrazole rings is 1. The molecular weight excluding hydrogens is 585 g/mol. The van der Waals surface area contributed by atoms with Crippen molar-refractivity contribution in [2.45, 2.75) is 31.7 Å². The van der Waals surface area contributed by atoms with Gasteiger partial charge in [-0.05, 0) is 64.0 Å². The van der Waals surface area contributed by atoms with Crippen LogP contribution in [0.4, 0.5) is 4.39 Å². The van der Waals surface area contributed by atoms with Gasteiger partial charge >= 0.3 is 0 Å². The predicted molar refractivity (Wildman–Crippen MR) is 157 cm³/mol. The van der Waals surface area contributed by atoms with Crippen molar-refractivity contribution >= 4 is 17.7 Å². The number of carbonyl (C=O) groups excluding carboxylic acids is 3. The second kappa shape index (κ2) is 13.0. The third kappa shape index (κ3) is 7.00. The zero-order valence-electron chi connectivity index (χ0n) is 24.3. The van der Waals surface area contributed by atoms with Gasteiger partial charge in [0.25, 0.3) is 11.8 Å². The van der Waals surface area contributed by atoms with Crippen LogP contribution in [0.2, 0.25) is 0 Å². The molecule has 3 heterocycles. The molecule has 0 spiro atoms. The van der Waals surface area contributed by atoms with Crippen molar-refractivity contribution in [3.05, 3.63) is 83.9 Å². The zero-order chi connectivity index (χ0) is 31.3. The van der Waals surface area contributed by atoms with E-state index in [1.54, 1.807) is 47.4 Å². The van der Waals surface area contributed by atoms with Crippen molar-refractivity contribution in [3.8, 4) is 28.4 Å². The molecule has 6 bridgehead atoms. The molecule has 0 radical (unpaired) electrons. The topological polar surface area (TPSA) is 150 Å². The first kappa shape index (κ1) is 29.5. The number of ether oxygens (including phenoxy) is 3. The molecule has 4 aromatic rings. The molecule has 2 aliphatic heterocycles. The zero-order valence-corrected chi connectivity index (χ0v) is 24.3. The summed E-state index contributed by atoms with van der Waals surface area (Å²) in [6, 6.07) is 15.6. The number of methoxy groups -OCH3 is 1. The monoisotopic (exact) mass is 615 g/mol. The first-order valence-corrected chi connectivity index (χ1v) is 14.3. The number of piperidine rings is 1. The number of rotatable bonds is 3. The van der Waals surface area contributed by atoms with Crippen LogP contribution in [0.5, 0.6) is 17.2 Å². The molecule has 6 rings (SSSR count). The molecule has 0 saturated carbocycles. The maximum Gasteiger partial charge on any atom is 0.258 e. The lowest BCUT2D eigenvalue weighted by atomic mass is 9.99. The molecule has 0 aliphatic carbocycles. The minimum Gasteiger partial charge on any atom is -0.496 e. The Morgan fingerprint density at radius 3 is 2.80 bits per heavy atom. The summed E-state index contributed by atoms with van der Waals surface area (Å²) in [6.45, 7) is 0.192. The van der Waals surface area contributed by atoms with Gasteiger partial charge in [-0.3, -0.25) is 14.4 Å². The molecular formula is C31H30FN7O6. The quantitative estimate of drug-likeness (QED) is 0.353. The predicted octanol–water partition coefficient (Wildman–Crippen LogP) is 1.97. The molecule has 2 aliphatic rings. The summed E-state index contributed by atoms with van der Waals surface area (Å²) in [6.07, 6.45) is 1.11. The number of nitrogens with zero attached hydrogens (tertiary/aromatic N) is 5. The van der Waals surface area contributed by atoms with Crippen LogP contribution in [0.25, 0.3) is 11.1 Å². The Morgan fingerprint density at radius 1 is 1.09 bits per heavy atom. The van der Waals surface area contributed by atoms with Crippen molar-refractivity contribution in [1.82, 2.24) is 35.7 Å². The molecule has 2 atom stereocenters. The van der Waals surface area contributed by atoms with E-state index in [1.807, 2.05) is 6.07 Å². The summed E-state index contributed by atoms with van der Waals surface area (Å²) in [5.41, 5.74) is 2.18. The lowest BCUT2D eigenvalue weighted by Gasteiger charge is -2.39. The highest BCUT2D eigenvalue weighted by Gasteiger charge is 2.35. The maximum atomic E-state index is 14.7. The van der Waals surface area contributed by atoms with Gasteiger partial charge in [0.1, 0.15) is 42.0 Å². The largest absolute Gasteiger partial charge is 0.496 e. The molecule has 232 valence electrons. The number of benzene rings is 3. The number of carbonyl (C=O) groups is 3. The van der Waals surface area contributed by atoms with Crippen LogP contribution in [-0.4, -0.2) is 81.8 Å². The summed E-state index contributed by atoms with van der Waals surface area (Å²) in [7, 11) is 1.54. The second-order valence-electron chi connectivity index (χ2n) is 10.7. The van der Waals surface area contributed by atoms with E-state index in [-0.39, 0.29) is 37.9 Å². The average molecular weight is 616 g/mol. The van der Waals surface area contributed by atoms with Gasteiger partial charge in [0.2, 0.25) is 5.91 Å². The molecule has 45 heavy (non-hydrogen) atoms. The molecule has 3 aromatic carbocycles. The summed E-state index contributed by atoms with van der Waals surface area (Å²) < 4.78 is 33.5. The fourth-order valence-corrected chi connectivity index (χ4v) is 5.37. The van der Waals surface area contributed by atoms with E-state index in [4.69, 9.17) is 14.2 Å². The minimum absolute atomic E-state index is 0.0453. The number of likely N-dealkylation sites (tertiary alicyclic amines) is 1. The van der Waals surface area contributed by atoms with E-state index in [0.717, 1.165) is 0 Å². The standard InChI is InChI=1S/C31H30FN7O6/c1-43-27-6-5-21-12-25(27)20-3-2-4-23(11-20)44-17-29(40)33-14-19-9-22(32)13-24(10-19)45-28-7-8-38(15-26(28)35-31(21)42)30(41)16-39-18-34-36-37-39/h2-6,9-13,18,26,28H,7-8,14-17H2,1H3,(H,33,40)(H,35,42)/t26-,28-/m1/s1. The van der Waals surface area contributed by atoms with E-state index in [9.17, 15) is 18.8 Å². The number of amides is 3. The Labute approximate surface area is 257 Å². The van der Waals surface area contributed by atoms with E-state index >= 15 is 0 Å². The van der Waals surface area contributed by atoms with Gasteiger partial charge in [-0.1, -0.05) is 12.1 Å². The normalized spacial score (nSPS) is 18.5. The Balaban J connectivity index is 1.34. The number of halogens is 1. The van der Waals surface area contributed by atoms with Gasteiger partial charge in [-0.15, -0.1) is 5.10 Å². The van der Waals surface area contributed by atoms with Crippen molar-refractivity contribution in [2.24, 2.45) is 0 Å². The van der Waals surface area contributed by atoms with E-state index in [2.05, 4.69) is 26.2 Å². The van der Waals surface area contributed by atoms with Crippen molar-refractivity contribution in [2.75, 3.05) is 26.8 Å². The molecule has 13 nitrogen and oxygen atoms in total. The molecule has 1 saturated heterocycles. The van der Waals surface area contributed by atoms with E-state index < -0.39 is 29.8 Å². The van der Waals surface area contributed by atoms with E-state index in [0.29, 0.717) is 46.7 Å². The number of hydrogen-bond donors (Lipinski definition) is 2. The summed E-state index contributed by atoms with van der Waals surface area (Å²) in [4.78, 5) is 41.0. The number of hydrogen-bond acceptors (Lipinski definition) is 9. The SMILES string of the molecule is COc1ccc2cc1-c1cccc(c1)OCC(=O)NCc1cc(F)cc(c1)O[C@@H]1CCN(C(=O)Cn3cnnn3)C[C@H]1NC2=O. The van der Waals surface area contributed by atoms with Crippen molar-refractivity contribution in [3.63, 3.8) is 0 Å². The van der Waals surface area contributed by atoms with Crippen LogP contribution in [0.1, 0.15) is 22.3 Å². The Morgan fingerprint density at radius 2 is 1.98 bits per heavy atom. The van der Waals surface area contributed by atoms with Gasteiger partial charge in [-0.2, -0.15) is 0 Å². The van der Waals surface area contributed by atoms with E-state index in [1.165, 1.54) is 30.3 Å². The van der Waals surface area contributed by atoms with Gasteiger partial charge in [0.15, 0.2) is 6.61 Å². The minimum atomic E-state index is -0.653. The van der Waals surface area contributed by atoms with Crippen LogP contribution in [-0.2, 0) is 22.7 Å². The third-order valence-electron chi connectivity index (χ3n) is 7.59. The average Bonchev–Trinajstić information content (AvgIpc) is 3.56. The highest BCUT2D eigenvalue weighted by Crippen LogP contribution is 2.33. The van der Waals surface area contributed by atoms with Gasteiger partial charge in [0.05, 0.1) is 13.2 Å². The Hall–Kier alpha value is -5.53. The summed E-state index contributed by atoms with van der Waals surface area (Å²) >= 11 is 0. The van der Waals surface area contributed by atoms with Gasteiger partial charge in [-0.25, -0.2) is 9.07 Å². The van der Waals surface area contributed by atoms with Gasteiger partial charge in [0, 0.05) is 43.2 Å². The lowest BCUT2D eigenvalue weighted by molar-refractivity contribution is -0.134. The lowest BCUT2D eigenvalue weighted by Crippen LogP contribution is -2.58. The third-order valence-corrected chi connectivity index (χ3v) is 7.59. The summed E-state index contributed by atoms with van der Waals surface area (Å²) in [5, 5.41) is 16.7. The molecule has 3 amide bonds. The van der Waals surface area contributed by atoms with Gasteiger partial charge < -0.3 is 29.7 Å².